The van der Waals surface area contributed by atoms with Crippen LogP contribution in [-0.4, -0.2) is 36.0 Å². The summed E-state index contributed by atoms with van der Waals surface area (Å²) in [7, 11) is 0. The minimum atomic E-state index is -0.902. The molecule has 0 atom stereocenters. The molecule has 0 aliphatic rings. The fourth-order valence-electron chi connectivity index (χ4n) is 1.53. The van der Waals surface area contributed by atoms with Gasteiger partial charge in [0.1, 0.15) is 0 Å². The van der Waals surface area contributed by atoms with E-state index in [0.29, 0.717) is 13.0 Å². The third kappa shape index (κ3) is 14.1. The number of nitrogens with zero attached hydrogens (tertiary/aromatic N) is 1. The molecular formula is C12H24N4O3. The minimum Gasteiger partial charge on any atom is -0.481 e. The lowest BCUT2D eigenvalue weighted by Crippen LogP contribution is -2.25. The molecule has 7 heteroatoms. The number of carbonyl (C=O) groups excluding carboxylic acids is 1. The molecular weight excluding hydrogens is 248 g/mol. The molecule has 0 fully saturated rings. The number of hydrogen-bond acceptors (Lipinski definition) is 3. The molecule has 0 aromatic rings. The van der Waals surface area contributed by atoms with Crippen molar-refractivity contribution in [2.45, 2.75) is 44.9 Å². The Morgan fingerprint density at radius 3 is 2.26 bits per heavy atom. The second-order valence-corrected chi connectivity index (χ2v) is 4.32. The monoisotopic (exact) mass is 272 g/mol. The minimum absolute atomic E-state index is 0.0312. The summed E-state index contributed by atoms with van der Waals surface area (Å²) >= 11 is 0. The summed E-state index contributed by atoms with van der Waals surface area (Å²) in [5.74, 6) is -0.860. The summed E-state index contributed by atoms with van der Waals surface area (Å²) in [4.78, 5) is 25.4. The van der Waals surface area contributed by atoms with Crippen molar-refractivity contribution < 1.29 is 14.7 Å². The van der Waals surface area contributed by atoms with E-state index in [1.807, 2.05) is 0 Å². The first-order valence-corrected chi connectivity index (χ1v) is 6.56. The number of aliphatic imine (C=N–C) groups is 1. The maximum atomic E-state index is 11.3. The number of nitrogens with two attached hydrogens (primary N) is 2. The number of aliphatic carboxylic acids is 1. The van der Waals surface area contributed by atoms with Crippen LogP contribution < -0.4 is 16.8 Å². The summed E-state index contributed by atoms with van der Waals surface area (Å²) in [6.07, 6.45) is 5.25. The van der Waals surface area contributed by atoms with Crippen LogP contribution in [0.5, 0.6) is 0 Å². The largest absolute Gasteiger partial charge is 0.481 e. The molecule has 110 valence electrons. The highest BCUT2D eigenvalue weighted by atomic mass is 16.4. The number of nitrogens with one attached hydrogen (secondary N) is 1. The Labute approximate surface area is 113 Å². The fraction of sp³-hybridized carbons (Fsp3) is 0.750. The van der Waals surface area contributed by atoms with Gasteiger partial charge in [-0.1, -0.05) is 19.3 Å². The second kappa shape index (κ2) is 11.3. The highest BCUT2D eigenvalue weighted by molar-refractivity contribution is 5.76. The topological polar surface area (TPSA) is 131 Å². The van der Waals surface area contributed by atoms with Crippen molar-refractivity contribution >= 4 is 17.8 Å². The van der Waals surface area contributed by atoms with Crippen LogP contribution in [0.4, 0.5) is 0 Å². The van der Waals surface area contributed by atoms with Crippen molar-refractivity contribution in [2.75, 3.05) is 13.1 Å². The van der Waals surface area contributed by atoms with Crippen molar-refractivity contribution in [1.82, 2.24) is 5.32 Å². The Hall–Kier alpha value is -1.79. The number of unbranched alkanes of at least 4 members (excludes halogenated alkanes) is 4. The van der Waals surface area contributed by atoms with E-state index in [0.717, 1.165) is 32.1 Å². The summed E-state index contributed by atoms with van der Waals surface area (Å²) in [6, 6.07) is 0. The van der Waals surface area contributed by atoms with Gasteiger partial charge in [-0.3, -0.25) is 14.6 Å². The molecule has 1 amide bonds. The van der Waals surface area contributed by atoms with Crippen LogP contribution in [0.2, 0.25) is 0 Å². The van der Waals surface area contributed by atoms with Crippen LogP contribution >= 0.6 is 0 Å². The predicted octanol–water partition coefficient (Wildman–Crippen LogP) is 0.191. The van der Waals surface area contributed by atoms with Gasteiger partial charge in [0.05, 0.1) is 6.42 Å². The second-order valence-electron chi connectivity index (χ2n) is 4.32. The summed E-state index contributed by atoms with van der Waals surface area (Å²) in [6.45, 7) is 0.852. The molecule has 0 unspecified atom stereocenters. The zero-order valence-corrected chi connectivity index (χ0v) is 11.2. The molecule has 0 aliphatic carbocycles. The Balaban J connectivity index is 3.27. The number of carbonyl (C=O) groups is 2. The van der Waals surface area contributed by atoms with E-state index in [-0.39, 0.29) is 24.8 Å². The van der Waals surface area contributed by atoms with Gasteiger partial charge in [-0.15, -0.1) is 0 Å². The summed E-state index contributed by atoms with van der Waals surface area (Å²) in [5, 5.41) is 11.0. The third-order valence-electron chi connectivity index (χ3n) is 2.52. The van der Waals surface area contributed by atoms with Crippen LogP contribution in [0.1, 0.15) is 44.9 Å². The van der Waals surface area contributed by atoms with Gasteiger partial charge in [-0.25, -0.2) is 0 Å². The highest BCUT2D eigenvalue weighted by Crippen LogP contribution is 2.05. The summed E-state index contributed by atoms with van der Waals surface area (Å²) in [5.41, 5.74) is 10.4. The lowest BCUT2D eigenvalue weighted by molar-refractivity contribution is -0.136. The number of hydrogen-bond donors (Lipinski definition) is 4. The predicted molar refractivity (Wildman–Crippen MR) is 73.6 cm³/mol. The van der Waals surface area contributed by atoms with E-state index < -0.39 is 5.97 Å². The molecule has 0 aliphatic heterocycles. The first kappa shape index (κ1) is 17.2. The number of carboxylic acid groups (broad SMARTS) is 1. The van der Waals surface area contributed by atoms with E-state index in [9.17, 15) is 9.59 Å². The molecule has 0 aromatic heterocycles. The number of rotatable bonds is 11. The van der Waals surface area contributed by atoms with E-state index in [2.05, 4.69) is 10.3 Å². The Morgan fingerprint density at radius 1 is 1.00 bits per heavy atom. The van der Waals surface area contributed by atoms with Crippen LogP contribution in [-0.2, 0) is 9.59 Å². The van der Waals surface area contributed by atoms with Crippen molar-refractivity contribution in [3.63, 3.8) is 0 Å². The van der Waals surface area contributed by atoms with Gasteiger partial charge in [0, 0.05) is 19.5 Å². The average molecular weight is 272 g/mol. The Kier molecular flexibility index (Phi) is 10.2. The van der Waals surface area contributed by atoms with Crippen molar-refractivity contribution in [1.29, 1.82) is 0 Å². The van der Waals surface area contributed by atoms with Crippen molar-refractivity contribution in [3.05, 3.63) is 0 Å². The van der Waals surface area contributed by atoms with Gasteiger partial charge in [0.15, 0.2) is 5.96 Å². The summed E-state index contributed by atoms with van der Waals surface area (Å²) < 4.78 is 0. The van der Waals surface area contributed by atoms with Gasteiger partial charge < -0.3 is 21.9 Å². The molecule has 7 nitrogen and oxygen atoms in total. The molecule has 19 heavy (non-hydrogen) atoms. The normalized spacial score (nSPS) is 9.89. The zero-order valence-electron chi connectivity index (χ0n) is 11.2. The average Bonchev–Trinajstić information content (AvgIpc) is 2.31. The maximum Gasteiger partial charge on any atom is 0.305 e. The van der Waals surface area contributed by atoms with E-state index in [1.54, 1.807) is 0 Å². The Bertz CT molecular complexity index is 301. The van der Waals surface area contributed by atoms with Crippen molar-refractivity contribution in [2.24, 2.45) is 16.5 Å². The first-order valence-electron chi connectivity index (χ1n) is 6.56. The van der Waals surface area contributed by atoms with E-state index in [1.165, 1.54) is 0 Å². The number of amides is 1. The number of carboxylic acids is 1. The third-order valence-corrected chi connectivity index (χ3v) is 2.52. The van der Waals surface area contributed by atoms with Gasteiger partial charge in [-0.2, -0.15) is 0 Å². The molecule has 0 bridgehead atoms. The molecule has 0 spiro atoms. The zero-order chi connectivity index (χ0) is 14.5. The molecule has 0 saturated heterocycles. The van der Waals surface area contributed by atoms with Crippen LogP contribution in [0.15, 0.2) is 4.99 Å². The van der Waals surface area contributed by atoms with Gasteiger partial charge >= 0.3 is 5.97 Å². The maximum absolute atomic E-state index is 11.3. The quantitative estimate of drug-likeness (QED) is 0.242. The fourth-order valence-corrected chi connectivity index (χ4v) is 1.53. The molecule has 0 radical (unpaired) electrons. The molecule has 0 heterocycles. The lowest BCUT2D eigenvalue weighted by Gasteiger charge is -2.03. The molecule has 6 N–H and O–H groups in total. The van der Waals surface area contributed by atoms with Crippen molar-refractivity contribution in [3.8, 4) is 0 Å². The van der Waals surface area contributed by atoms with Gasteiger partial charge in [0.25, 0.3) is 0 Å². The van der Waals surface area contributed by atoms with E-state index in [4.69, 9.17) is 16.6 Å². The Morgan fingerprint density at radius 2 is 1.63 bits per heavy atom. The molecule has 0 aromatic carbocycles. The lowest BCUT2D eigenvalue weighted by atomic mass is 10.1. The molecule has 0 rings (SSSR count). The van der Waals surface area contributed by atoms with Gasteiger partial charge in [-0.05, 0) is 12.8 Å². The molecule has 0 saturated carbocycles. The van der Waals surface area contributed by atoms with Crippen LogP contribution in [0.25, 0.3) is 0 Å². The number of guanidine groups is 1. The van der Waals surface area contributed by atoms with Crippen LogP contribution in [0.3, 0.4) is 0 Å². The standard InChI is InChI=1S/C12H24N4O3/c13-12(14)16-8-5-3-1-2-4-6-10(17)15-9-7-11(18)19/h1-9H2,(H,15,17)(H,18,19)(H4,13,14,16). The first-order chi connectivity index (χ1) is 9.02. The van der Waals surface area contributed by atoms with Crippen LogP contribution in [0, 0.1) is 0 Å². The van der Waals surface area contributed by atoms with Gasteiger partial charge in [0.2, 0.25) is 5.91 Å². The highest BCUT2D eigenvalue weighted by Gasteiger charge is 2.02. The SMILES string of the molecule is NC(N)=NCCCCCCCC(=O)NCCC(=O)O. The van der Waals surface area contributed by atoms with E-state index >= 15 is 0 Å². The smallest absolute Gasteiger partial charge is 0.305 e.